The number of nitrogens with zero attached hydrogens (tertiary/aromatic N) is 3. The number of hydrogen-bond acceptors (Lipinski definition) is 3. The molecule has 0 aliphatic carbocycles. The first kappa shape index (κ1) is 32.7. The minimum atomic E-state index is 0.600. The number of rotatable bonds is 7. The normalized spacial score (nSPS) is 11.5. The van der Waals surface area contributed by atoms with E-state index in [2.05, 4.69) is 185 Å². The Labute approximate surface area is 330 Å². The maximum absolute atomic E-state index is 6.63. The van der Waals surface area contributed by atoms with Crippen LogP contribution in [-0.2, 0) is 0 Å². The number of hydrogen-bond donors (Lipinski definition) is 0. The van der Waals surface area contributed by atoms with Gasteiger partial charge in [-0.25, -0.2) is 4.98 Å². The maximum Gasteiger partial charge on any atom is 0.227 e. The van der Waals surface area contributed by atoms with E-state index in [0.717, 1.165) is 50.4 Å². The highest BCUT2D eigenvalue weighted by Gasteiger charge is 2.22. The summed E-state index contributed by atoms with van der Waals surface area (Å²) in [7, 11) is 0. The molecule has 0 aliphatic heterocycles. The molecule has 0 radical (unpaired) electrons. The van der Waals surface area contributed by atoms with Crippen LogP contribution in [0.5, 0.6) is 0 Å². The summed E-state index contributed by atoms with van der Waals surface area (Å²) in [6.07, 6.45) is 0. The topological polar surface area (TPSA) is 34.2 Å². The minimum Gasteiger partial charge on any atom is -0.434 e. The monoisotopic (exact) mass is 729 g/mol. The van der Waals surface area contributed by atoms with Crippen LogP contribution < -0.4 is 4.90 Å². The number of benzene rings is 9. The van der Waals surface area contributed by atoms with Gasteiger partial charge in [-0.15, -0.1) is 0 Å². The molecule has 0 amide bonds. The van der Waals surface area contributed by atoms with E-state index in [1.165, 1.54) is 43.9 Å². The Hall–Kier alpha value is -7.69. The second kappa shape index (κ2) is 13.6. The molecule has 0 atom stereocenters. The van der Waals surface area contributed by atoms with E-state index in [1.54, 1.807) is 0 Å². The standard InChI is InChI=1S/C53H35N3O/c1-4-14-36(15-5-1)38-26-29-42(30-27-38)55(50-25-13-23-48-52(50)57-53(54-48)39-18-8-3-9-19-39)44-31-33-45-41(35-44)28-32-47-46-22-10-11-24-49(46)56(51(45)47)43-21-12-20-40(34-43)37-16-6-2-7-17-37/h1-35H. The average Bonchev–Trinajstić information content (AvgIpc) is 3.88. The first-order chi connectivity index (χ1) is 28.3. The second-order valence-corrected chi connectivity index (χ2v) is 14.4. The molecule has 0 aliphatic rings. The van der Waals surface area contributed by atoms with Gasteiger partial charge in [-0.05, 0) is 94.4 Å². The number of para-hydroxylation sites is 2. The summed E-state index contributed by atoms with van der Waals surface area (Å²) in [5.74, 6) is 0.600. The smallest absolute Gasteiger partial charge is 0.227 e. The lowest BCUT2D eigenvalue weighted by Crippen LogP contribution is -2.10. The van der Waals surface area contributed by atoms with Gasteiger partial charge in [-0.2, -0.15) is 0 Å². The van der Waals surface area contributed by atoms with Crippen molar-refractivity contribution in [3.63, 3.8) is 0 Å². The summed E-state index contributed by atoms with van der Waals surface area (Å²) in [6.45, 7) is 0. The molecule has 4 heteroatoms. The van der Waals surface area contributed by atoms with E-state index in [-0.39, 0.29) is 0 Å². The summed E-state index contributed by atoms with van der Waals surface area (Å²) >= 11 is 0. The Bertz CT molecular complexity index is 3220. The van der Waals surface area contributed by atoms with Crippen molar-refractivity contribution in [2.75, 3.05) is 4.90 Å². The zero-order chi connectivity index (χ0) is 37.7. The number of fused-ring (bicyclic) bond motifs is 6. The van der Waals surface area contributed by atoms with Crippen LogP contribution >= 0.6 is 0 Å². The van der Waals surface area contributed by atoms with Crippen LogP contribution in [0.4, 0.5) is 17.1 Å². The van der Waals surface area contributed by atoms with Crippen LogP contribution in [0, 0.1) is 0 Å². The van der Waals surface area contributed by atoms with Crippen molar-refractivity contribution in [3.8, 4) is 39.4 Å². The van der Waals surface area contributed by atoms with E-state index in [4.69, 9.17) is 9.40 Å². The predicted octanol–water partition coefficient (Wildman–Crippen LogP) is 14.5. The Kier molecular flexibility index (Phi) is 7.78. The zero-order valence-electron chi connectivity index (χ0n) is 31.0. The van der Waals surface area contributed by atoms with Crippen molar-refractivity contribution in [3.05, 3.63) is 212 Å². The third-order valence-corrected chi connectivity index (χ3v) is 11.0. The van der Waals surface area contributed by atoms with Gasteiger partial charge in [0.15, 0.2) is 5.58 Å². The molecule has 4 nitrogen and oxygen atoms in total. The van der Waals surface area contributed by atoms with Crippen LogP contribution in [-0.4, -0.2) is 9.55 Å². The van der Waals surface area contributed by atoms with Gasteiger partial charge < -0.3 is 13.9 Å². The van der Waals surface area contributed by atoms with Gasteiger partial charge in [-0.1, -0.05) is 146 Å². The van der Waals surface area contributed by atoms with Crippen LogP contribution in [0.25, 0.3) is 83.1 Å². The molecule has 57 heavy (non-hydrogen) atoms. The van der Waals surface area contributed by atoms with Crippen LogP contribution in [0.1, 0.15) is 0 Å². The Morgan fingerprint density at radius 1 is 0.421 bits per heavy atom. The SMILES string of the molecule is c1ccc(-c2ccc(N(c3ccc4c(ccc5c6ccccc6n(-c6cccc(-c7ccccc7)c6)c45)c3)c3cccc4nc(-c5ccccc5)oc34)cc2)cc1. The molecule has 2 aromatic heterocycles. The molecule has 0 saturated heterocycles. The van der Waals surface area contributed by atoms with E-state index in [0.29, 0.717) is 5.89 Å². The van der Waals surface area contributed by atoms with Crippen molar-refractivity contribution in [2.24, 2.45) is 0 Å². The predicted molar refractivity (Wildman–Crippen MR) is 237 cm³/mol. The van der Waals surface area contributed by atoms with Crippen LogP contribution in [0.15, 0.2) is 217 Å². The summed E-state index contributed by atoms with van der Waals surface area (Å²) in [5, 5.41) is 4.78. The number of oxazole rings is 1. The molecular weight excluding hydrogens is 695 g/mol. The van der Waals surface area contributed by atoms with Crippen molar-refractivity contribution in [1.29, 1.82) is 0 Å². The van der Waals surface area contributed by atoms with Crippen LogP contribution in [0.3, 0.4) is 0 Å². The van der Waals surface area contributed by atoms with Crippen molar-refractivity contribution < 1.29 is 4.42 Å². The summed E-state index contributed by atoms with van der Waals surface area (Å²) in [4.78, 5) is 7.23. The molecule has 0 bridgehead atoms. The minimum absolute atomic E-state index is 0.600. The van der Waals surface area contributed by atoms with E-state index in [1.807, 2.05) is 36.4 Å². The molecular formula is C53H35N3O. The first-order valence-electron chi connectivity index (χ1n) is 19.3. The van der Waals surface area contributed by atoms with Crippen molar-refractivity contribution in [2.45, 2.75) is 0 Å². The maximum atomic E-state index is 6.63. The molecule has 0 unspecified atom stereocenters. The highest BCUT2D eigenvalue weighted by molar-refractivity contribution is 6.19. The summed E-state index contributed by atoms with van der Waals surface area (Å²) < 4.78 is 9.06. The van der Waals surface area contributed by atoms with Crippen LogP contribution in [0.2, 0.25) is 0 Å². The molecule has 0 fully saturated rings. The van der Waals surface area contributed by atoms with Gasteiger partial charge in [0.25, 0.3) is 0 Å². The fourth-order valence-corrected chi connectivity index (χ4v) is 8.31. The lowest BCUT2D eigenvalue weighted by Gasteiger charge is -2.26. The third-order valence-electron chi connectivity index (χ3n) is 11.0. The lowest BCUT2D eigenvalue weighted by molar-refractivity contribution is 0.620. The molecule has 0 saturated carbocycles. The molecule has 268 valence electrons. The molecule has 2 heterocycles. The zero-order valence-corrected chi connectivity index (χ0v) is 31.0. The van der Waals surface area contributed by atoms with Gasteiger partial charge in [0.1, 0.15) is 5.52 Å². The first-order valence-corrected chi connectivity index (χ1v) is 19.3. The van der Waals surface area contributed by atoms with Gasteiger partial charge in [0, 0.05) is 38.8 Å². The molecule has 11 aromatic rings. The summed E-state index contributed by atoms with van der Waals surface area (Å²) in [5.41, 5.74) is 13.7. The largest absolute Gasteiger partial charge is 0.434 e. The second-order valence-electron chi connectivity index (χ2n) is 14.4. The molecule has 9 aromatic carbocycles. The molecule has 11 rings (SSSR count). The van der Waals surface area contributed by atoms with Crippen molar-refractivity contribution in [1.82, 2.24) is 9.55 Å². The average molecular weight is 730 g/mol. The van der Waals surface area contributed by atoms with E-state index >= 15 is 0 Å². The number of aromatic nitrogens is 2. The van der Waals surface area contributed by atoms with Gasteiger partial charge in [0.2, 0.25) is 5.89 Å². The van der Waals surface area contributed by atoms with E-state index in [9.17, 15) is 0 Å². The highest BCUT2D eigenvalue weighted by Crippen LogP contribution is 2.44. The molecule has 0 N–H and O–H groups in total. The van der Waals surface area contributed by atoms with Gasteiger partial charge in [0.05, 0.1) is 16.7 Å². The quantitative estimate of drug-likeness (QED) is 0.164. The Balaban J connectivity index is 1.11. The fourth-order valence-electron chi connectivity index (χ4n) is 8.31. The Morgan fingerprint density at radius 2 is 1.04 bits per heavy atom. The fraction of sp³-hybridized carbons (Fsp3) is 0. The van der Waals surface area contributed by atoms with Gasteiger partial charge >= 0.3 is 0 Å². The number of anilines is 3. The lowest BCUT2D eigenvalue weighted by atomic mass is 10.0. The third kappa shape index (κ3) is 5.66. The van der Waals surface area contributed by atoms with Gasteiger partial charge in [-0.3, -0.25) is 0 Å². The summed E-state index contributed by atoms with van der Waals surface area (Å²) in [6, 6.07) is 75.2. The molecule has 0 spiro atoms. The van der Waals surface area contributed by atoms with E-state index < -0.39 is 0 Å². The van der Waals surface area contributed by atoms with Crippen molar-refractivity contribution >= 4 is 60.7 Å². The Morgan fingerprint density at radius 3 is 1.81 bits per heavy atom. The highest BCUT2D eigenvalue weighted by atomic mass is 16.3.